The van der Waals surface area contributed by atoms with Crippen LogP contribution in [0.4, 0.5) is 17.1 Å². The van der Waals surface area contributed by atoms with Gasteiger partial charge in [-0.3, -0.25) is 0 Å². The van der Waals surface area contributed by atoms with E-state index in [1.165, 1.54) is 66.4 Å². The van der Waals surface area contributed by atoms with Crippen molar-refractivity contribution in [3.63, 3.8) is 0 Å². The van der Waals surface area contributed by atoms with E-state index in [0.29, 0.717) is 0 Å². The average molecular weight is 792 g/mol. The molecule has 0 bridgehead atoms. The maximum atomic E-state index is 6.20. The molecule has 1 aliphatic carbocycles. The molecule has 0 fully saturated rings. The van der Waals surface area contributed by atoms with Crippen LogP contribution in [0.3, 0.4) is 0 Å². The molecule has 2 nitrogen and oxygen atoms in total. The normalized spacial score (nSPS) is 13.1. The third-order valence-corrected chi connectivity index (χ3v) is 12.9. The number of benzene rings is 10. The van der Waals surface area contributed by atoms with E-state index >= 15 is 0 Å². The van der Waals surface area contributed by atoms with Gasteiger partial charge in [0, 0.05) is 33.8 Å². The fourth-order valence-corrected chi connectivity index (χ4v) is 9.62. The molecule has 2 heteroatoms. The summed E-state index contributed by atoms with van der Waals surface area (Å²) < 4.78 is 6.20. The molecule has 1 aliphatic rings. The number of furan rings is 1. The Balaban J connectivity index is 0.884. The van der Waals surface area contributed by atoms with Gasteiger partial charge in [0.25, 0.3) is 0 Å². The van der Waals surface area contributed by atoms with Crippen molar-refractivity contribution in [1.82, 2.24) is 0 Å². The zero-order valence-corrected chi connectivity index (χ0v) is 34.3. The number of anilines is 3. The van der Waals surface area contributed by atoms with E-state index in [4.69, 9.17) is 4.42 Å². The fourth-order valence-electron chi connectivity index (χ4n) is 9.62. The number of para-hydroxylation sites is 1. The van der Waals surface area contributed by atoms with Gasteiger partial charge < -0.3 is 9.32 Å². The SMILES string of the molecule is CC1c2cc(-c3ccccc3)ccc2-c2ccc(N(c3ccc(-c4ccc(-c5ccc6c(c5)oc5ccccc56)cc4)cc3)c3ccc(-c4ccc5ccccc5c4)cc3)cc21. The minimum absolute atomic E-state index is 0.270. The van der Waals surface area contributed by atoms with Crippen LogP contribution in [0.15, 0.2) is 229 Å². The third kappa shape index (κ3) is 6.19. The van der Waals surface area contributed by atoms with E-state index in [9.17, 15) is 0 Å². The van der Waals surface area contributed by atoms with E-state index < -0.39 is 0 Å². The highest BCUT2D eigenvalue weighted by Gasteiger charge is 2.27. The first-order valence-corrected chi connectivity index (χ1v) is 21.5. The highest BCUT2D eigenvalue weighted by molar-refractivity contribution is 6.06. The Bertz CT molecular complexity index is 3450. The summed E-state index contributed by atoms with van der Waals surface area (Å²) in [4.78, 5) is 2.40. The summed E-state index contributed by atoms with van der Waals surface area (Å²) in [6.45, 7) is 2.35. The Morgan fingerprint density at radius 3 is 1.52 bits per heavy atom. The molecule has 1 aromatic heterocycles. The van der Waals surface area contributed by atoms with Gasteiger partial charge in [0.15, 0.2) is 0 Å². The molecule has 1 unspecified atom stereocenters. The zero-order chi connectivity index (χ0) is 41.1. The van der Waals surface area contributed by atoms with Gasteiger partial charge in [0.1, 0.15) is 11.2 Å². The molecule has 12 rings (SSSR count). The fraction of sp³-hybridized carbons (Fsp3) is 0.0333. The van der Waals surface area contributed by atoms with Gasteiger partial charge in [-0.1, -0.05) is 165 Å². The summed E-state index contributed by atoms with van der Waals surface area (Å²) in [5, 5.41) is 4.80. The van der Waals surface area contributed by atoms with Crippen LogP contribution in [0.25, 0.3) is 88.3 Å². The second-order valence-corrected chi connectivity index (χ2v) is 16.5. The minimum atomic E-state index is 0.270. The molecule has 0 saturated heterocycles. The van der Waals surface area contributed by atoms with Crippen LogP contribution in [0, 0.1) is 0 Å². The molecule has 292 valence electrons. The highest BCUT2D eigenvalue weighted by Crippen LogP contribution is 2.49. The lowest BCUT2D eigenvalue weighted by Gasteiger charge is -2.27. The zero-order valence-electron chi connectivity index (χ0n) is 34.3. The van der Waals surface area contributed by atoms with Crippen LogP contribution in [0.2, 0.25) is 0 Å². The lowest BCUT2D eigenvalue weighted by molar-refractivity contribution is 0.669. The number of fused-ring (bicyclic) bond motifs is 7. The lowest BCUT2D eigenvalue weighted by Crippen LogP contribution is -2.10. The van der Waals surface area contributed by atoms with Gasteiger partial charge in [-0.15, -0.1) is 0 Å². The van der Waals surface area contributed by atoms with E-state index in [1.54, 1.807) is 0 Å². The maximum Gasteiger partial charge on any atom is 0.136 e. The van der Waals surface area contributed by atoms with Crippen molar-refractivity contribution in [2.24, 2.45) is 0 Å². The quantitative estimate of drug-likeness (QED) is 0.160. The van der Waals surface area contributed by atoms with Crippen molar-refractivity contribution in [1.29, 1.82) is 0 Å². The van der Waals surface area contributed by atoms with Crippen molar-refractivity contribution in [3.05, 3.63) is 236 Å². The first kappa shape index (κ1) is 36.0. The van der Waals surface area contributed by atoms with E-state index in [2.05, 4.69) is 224 Å². The molecule has 0 amide bonds. The predicted octanol–water partition coefficient (Wildman–Crippen LogP) is 17.0. The molecule has 0 spiro atoms. The van der Waals surface area contributed by atoms with Gasteiger partial charge in [-0.25, -0.2) is 0 Å². The molecule has 0 radical (unpaired) electrons. The summed E-state index contributed by atoms with van der Waals surface area (Å²) in [6.07, 6.45) is 0. The Kier molecular flexibility index (Phi) is 8.50. The Morgan fingerprint density at radius 1 is 0.323 bits per heavy atom. The Hall–Kier alpha value is -7.94. The van der Waals surface area contributed by atoms with Crippen LogP contribution in [-0.4, -0.2) is 0 Å². The molecule has 11 aromatic rings. The monoisotopic (exact) mass is 791 g/mol. The molecule has 0 aliphatic heterocycles. The molecule has 0 saturated carbocycles. The van der Waals surface area contributed by atoms with Crippen molar-refractivity contribution >= 4 is 49.8 Å². The van der Waals surface area contributed by atoms with Crippen LogP contribution in [0.1, 0.15) is 24.0 Å². The van der Waals surface area contributed by atoms with Crippen molar-refractivity contribution in [2.45, 2.75) is 12.8 Å². The van der Waals surface area contributed by atoms with Gasteiger partial charge in [0.2, 0.25) is 0 Å². The summed E-state index contributed by atoms with van der Waals surface area (Å²) in [5.74, 6) is 0.270. The lowest BCUT2D eigenvalue weighted by atomic mass is 9.95. The molecule has 0 N–H and O–H groups in total. The second kappa shape index (κ2) is 14.7. The van der Waals surface area contributed by atoms with Crippen molar-refractivity contribution < 1.29 is 4.42 Å². The summed E-state index contributed by atoms with van der Waals surface area (Å²) >= 11 is 0. The largest absolute Gasteiger partial charge is 0.456 e. The van der Waals surface area contributed by atoms with Crippen molar-refractivity contribution in [3.8, 4) is 55.6 Å². The standard InChI is InChI=1S/C60H41NO/c1-39-57-36-48(40-9-3-2-4-10-40)25-32-53(57)54-34-31-52(38-58(39)54)61(51-29-23-45(24-30-51)47-20-19-41-11-5-6-12-46(41)35-47)50-27-21-43(22-28-50)42-15-17-44(18-16-42)49-26-33-56-55-13-7-8-14-59(55)62-60(56)37-49/h2-39H,1H3. The number of rotatable bonds is 7. The molecule has 1 heterocycles. The summed E-state index contributed by atoms with van der Waals surface area (Å²) in [7, 11) is 0. The van der Waals surface area contributed by atoms with E-state index in [-0.39, 0.29) is 5.92 Å². The van der Waals surface area contributed by atoms with Gasteiger partial charge in [0.05, 0.1) is 0 Å². The molecular formula is C60H41NO. The maximum absolute atomic E-state index is 6.20. The first-order valence-electron chi connectivity index (χ1n) is 21.5. The van der Waals surface area contributed by atoms with Crippen LogP contribution >= 0.6 is 0 Å². The molecule has 62 heavy (non-hydrogen) atoms. The van der Waals surface area contributed by atoms with Gasteiger partial charge in [-0.2, -0.15) is 0 Å². The Labute approximate surface area is 361 Å². The molecular weight excluding hydrogens is 751 g/mol. The predicted molar refractivity (Wildman–Crippen MR) is 261 cm³/mol. The van der Waals surface area contributed by atoms with Gasteiger partial charge >= 0.3 is 0 Å². The highest BCUT2D eigenvalue weighted by atomic mass is 16.3. The van der Waals surface area contributed by atoms with E-state index in [1.807, 2.05) is 12.1 Å². The van der Waals surface area contributed by atoms with Crippen LogP contribution in [-0.2, 0) is 0 Å². The smallest absolute Gasteiger partial charge is 0.136 e. The Morgan fingerprint density at radius 2 is 0.790 bits per heavy atom. The topological polar surface area (TPSA) is 16.4 Å². The average Bonchev–Trinajstić information content (AvgIpc) is 3.85. The van der Waals surface area contributed by atoms with Crippen LogP contribution < -0.4 is 4.90 Å². The number of hydrogen-bond acceptors (Lipinski definition) is 2. The second-order valence-electron chi connectivity index (χ2n) is 16.5. The number of hydrogen-bond donors (Lipinski definition) is 0. The first-order chi connectivity index (χ1) is 30.6. The summed E-state index contributed by atoms with van der Waals surface area (Å²) in [6, 6.07) is 81.7. The van der Waals surface area contributed by atoms with Crippen LogP contribution in [0.5, 0.6) is 0 Å². The minimum Gasteiger partial charge on any atom is -0.456 e. The summed E-state index contributed by atoms with van der Waals surface area (Å²) in [5.41, 5.74) is 20.2. The third-order valence-electron chi connectivity index (χ3n) is 12.9. The molecule has 1 atom stereocenters. The van der Waals surface area contributed by atoms with Gasteiger partial charge in [-0.05, 0) is 144 Å². The molecule has 10 aromatic carbocycles. The van der Waals surface area contributed by atoms with Crippen molar-refractivity contribution in [2.75, 3.05) is 4.90 Å². The number of nitrogens with zero attached hydrogens (tertiary/aromatic N) is 1. The van der Waals surface area contributed by atoms with E-state index in [0.717, 1.165) is 50.1 Å².